The van der Waals surface area contributed by atoms with Crippen LogP contribution in [0.15, 0.2) is 72.8 Å². The summed E-state index contributed by atoms with van der Waals surface area (Å²) in [5.74, 6) is -0.910. The van der Waals surface area contributed by atoms with Gasteiger partial charge in [0.05, 0.1) is 12.7 Å². The van der Waals surface area contributed by atoms with Crippen LogP contribution in [-0.4, -0.2) is 41.8 Å². The molecule has 0 heterocycles. The van der Waals surface area contributed by atoms with Gasteiger partial charge in [-0.2, -0.15) is 4.94 Å². The third kappa shape index (κ3) is 11.7. The first-order valence-electron chi connectivity index (χ1n) is 11.2. The predicted octanol–water partition coefficient (Wildman–Crippen LogP) is 5.57. The number of rotatable bonds is 11. The summed E-state index contributed by atoms with van der Waals surface area (Å²) in [4.78, 5) is 16.0. The maximum atomic E-state index is 11.9. The molecule has 0 atom stereocenters. The maximum absolute atomic E-state index is 11.9. The van der Waals surface area contributed by atoms with Gasteiger partial charge in [0.25, 0.3) is 0 Å². The SMILES string of the molecule is FOCCN(Cc1ccccc1)Cc1ccccc1.O=C(O)/C=C/COC1CCCCC1. The minimum atomic E-state index is -0.910. The second-order valence-electron chi connectivity index (χ2n) is 7.83. The molecule has 32 heavy (non-hydrogen) atoms. The summed E-state index contributed by atoms with van der Waals surface area (Å²) < 4.78 is 17.4. The molecule has 2 aromatic rings. The standard InChI is InChI=1S/C16H18FNO.C10H16O3/c17-19-12-11-18(13-15-7-3-1-4-8-15)14-16-9-5-2-6-10-16;11-10(12)7-4-8-13-9-5-2-1-3-6-9/h1-10H,11-14H2;4,7,9H,1-3,5-6,8H2,(H,11,12)/b;7-4+. The van der Waals surface area contributed by atoms with Crippen LogP contribution < -0.4 is 0 Å². The van der Waals surface area contributed by atoms with E-state index in [0.29, 0.717) is 19.3 Å². The molecule has 0 radical (unpaired) electrons. The normalized spacial score (nSPS) is 14.3. The Balaban J connectivity index is 0.000000244. The molecule has 1 fully saturated rings. The second kappa shape index (κ2) is 16.1. The highest BCUT2D eigenvalue weighted by atomic mass is 19.3. The van der Waals surface area contributed by atoms with E-state index in [1.54, 1.807) is 6.08 Å². The number of benzene rings is 2. The molecule has 0 spiro atoms. The highest BCUT2D eigenvalue weighted by Crippen LogP contribution is 2.20. The smallest absolute Gasteiger partial charge is 0.328 e. The molecule has 0 aromatic heterocycles. The Bertz CT molecular complexity index is 722. The lowest BCUT2D eigenvalue weighted by atomic mass is 9.98. The van der Waals surface area contributed by atoms with E-state index in [9.17, 15) is 9.32 Å². The molecule has 1 aliphatic rings. The van der Waals surface area contributed by atoms with Crippen molar-refractivity contribution in [1.29, 1.82) is 0 Å². The van der Waals surface area contributed by atoms with Crippen molar-refractivity contribution in [2.45, 2.75) is 51.3 Å². The molecule has 0 saturated heterocycles. The highest BCUT2D eigenvalue weighted by molar-refractivity contribution is 5.79. The van der Waals surface area contributed by atoms with Crippen molar-refractivity contribution in [3.05, 3.63) is 83.9 Å². The lowest BCUT2D eigenvalue weighted by molar-refractivity contribution is -0.137. The van der Waals surface area contributed by atoms with Gasteiger partial charge in [-0.15, -0.1) is 0 Å². The van der Waals surface area contributed by atoms with Gasteiger partial charge < -0.3 is 9.84 Å². The molecule has 1 saturated carbocycles. The third-order valence-electron chi connectivity index (χ3n) is 5.22. The molecule has 3 rings (SSSR count). The second-order valence-corrected chi connectivity index (χ2v) is 7.83. The highest BCUT2D eigenvalue weighted by Gasteiger charge is 2.12. The van der Waals surface area contributed by atoms with Crippen LogP contribution in [0.3, 0.4) is 0 Å². The number of aliphatic carboxylic acids is 1. The van der Waals surface area contributed by atoms with Gasteiger partial charge in [-0.05, 0) is 28.5 Å². The number of nitrogens with zero attached hydrogens (tertiary/aromatic N) is 1. The van der Waals surface area contributed by atoms with Gasteiger partial charge in [-0.1, -0.05) is 86.0 Å². The maximum Gasteiger partial charge on any atom is 0.328 e. The molecular formula is C26H34FNO4. The first-order chi connectivity index (χ1) is 15.7. The first-order valence-corrected chi connectivity index (χ1v) is 11.2. The van der Waals surface area contributed by atoms with Crippen molar-refractivity contribution < 1.29 is 24.1 Å². The van der Waals surface area contributed by atoms with Crippen LogP contribution in [0.2, 0.25) is 0 Å². The van der Waals surface area contributed by atoms with Gasteiger partial charge >= 0.3 is 5.97 Å². The molecule has 174 valence electrons. The van der Waals surface area contributed by atoms with Crippen LogP contribution >= 0.6 is 0 Å². The average molecular weight is 444 g/mol. The fraction of sp³-hybridized carbons (Fsp3) is 0.423. The molecule has 6 heteroatoms. The quantitative estimate of drug-likeness (QED) is 0.460. The minimum absolute atomic E-state index is 0.0969. The van der Waals surface area contributed by atoms with E-state index in [1.165, 1.54) is 30.4 Å². The zero-order valence-corrected chi connectivity index (χ0v) is 18.6. The van der Waals surface area contributed by atoms with Crippen molar-refractivity contribution >= 4 is 5.97 Å². The van der Waals surface area contributed by atoms with Crippen molar-refractivity contribution in [3.8, 4) is 0 Å². The molecular weight excluding hydrogens is 409 g/mol. The van der Waals surface area contributed by atoms with Gasteiger partial charge in [-0.25, -0.2) is 4.79 Å². The van der Waals surface area contributed by atoms with Crippen LogP contribution in [0.5, 0.6) is 0 Å². The lowest BCUT2D eigenvalue weighted by Gasteiger charge is -2.21. The molecule has 0 amide bonds. The summed E-state index contributed by atoms with van der Waals surface area (Å²) in [6.07, 6.45) is 9.08. The summed E-state index contributed by atoms with van der Waals surface area (Å²) in [6, 6.07) is 20.4. The van der Waals surface area contributed by atoms with Crippen LogP contribution in [0.25, 0.3) is 0 Å². The molecule has 0 bridgehead atoms. The van der Waals surface area contributed by atoms with E-state index in [4.69, 9.17) is 9.84 Å². The average Bonchev–Trinajstić information content (AvgIpc) is 2.83. The Hall–Kier alpha value is -2.54. The molecule has 5 nitrogen and oxygen atoms in total. The minimum Gasteiger partial charge on any atom is -0.478 e. The van der Waals surface area contributed by atoms with Crippen molar-refractivity contribution in [3.63, 3.8) is 0 Å². The van der Waals surface area contributed by atoms with Gasteiger partial charge in [-0.3, -0.25) is 4.90 Å². The Morgan fingerprint density at radius 1 is 0.969 bits per heavy atom. The van der Waals surface area contributed by atoms with Crippen molar-refractivity contribution in [1.82, 2.24) is 4.90 Å². The third-order valence-corrected chi connectivity index (χ3v) is 5.22. The largest absolute Gasteiger partial charge is 0.478 e. The van der Waals surface area contributed by atoms with E-state index >= 15 is 0 Å². The number of carboxylic acids is 1. The topological polar surface area (TPSA) is 59.0 Å². The fourth-order valence-corrected chi connectivity index (χ4v) is 3.63. The Morgan fingerprint density at radius 3 is 2.03 bits per heavy atom. The summed E-state index contributed by atoms with van der Waals surface area (Å²) in [5, 5.41) is 8.31. The van der Waals surface area contributed by atoms with Crippen molar-refractivity contribution in [2.24, 2.45) is 0 Å². The zero-order valence-electron chi connectivity index (χ0n) is 18.6. The number of hydrogen-bond donors (Lipinski definition) is 1. The number of hydrogen-bond acceptors (Lipinski definition) is 4. The van der Waals surface area contributed by atoms with E-state index in [2.05, 4.69) is 34.1 Å². The number of halogens is 1. The van der Waals surface area contributed by atoms with E-state index in [-0.39, 0.29) is 6.61 Å². The van der Waals surface area contributed by atoms with Crippen LogP contribution in [0.4, 0.5) is 4.53 Å². The zero-order chi connectivity index (χ0) is 22.9. The number of carboxylic acid groups (broad SMARTS) is 1. The van der Waals surface area contributed by atoms with E-state index < -0.39 is 5.97 Å². The summed E-state index contributed by atoms with van der Waals surface area (Å²) in [5.41, 5.74) is 2.44. The lowest BCUT2D eigenvalue weighted by Crippen LogP contribution is -2.26. The molecule has 0 aliphatic heterocycles. The van der Waals surface area contributed by atoms with Gasteiger partial charge in [0.1, 0.15) is 6.61 Å². The van der Waals surface area contributed by atoms with Crippen LogP contribution in [-0.2, 0) is 27.6 Å². The monoisotopic (exact) mass is 443 g/mol. The fourth-order valence-electron chi connectivity index (χ4n) is 3.63. The Morgan fingerprint density at radius 2 is 1.53 bits per heavy atom. The molecule has 2 aromatic carbocycles. The summed E-state index contributed by atoms with van der Waals surface area (Å²) >= 11 is 0. The van der Waals surface area contributed by atoms with Crippen molar-refractivity contribution in [2.75, 3.05) is 19.8 Å². The Kier molecular flexibility index (Phi) is 13.0. The van der Waals surface area contributed by atoms with Gasteiger partial charge in [0.2, 0.25) is 0 Å². The molecule has 1 N–H and O–H groups in total. The summed E-state index contributed by atoms with van der Waals surface area (Å²) in [6.45, 7) is 2.68. The molecule has 0 unspecified atom stereocenters. The van der Waals surface area contributed by atoms with E-state index in [1.807, 2.05) is 36.4 Å². The van der Waals surface area contributed by atoms with Gasteiger partial charge in [0, 0.05) is 25.7 Å². The van der Waals surface area contributed by atoms with E-state index in [0.717, 1.165) is 32.0 Å². The Labute approximate surface area is 190 Å². The number of ether oxygens (including phenoxy) is 1. The summed E-state index contributed by atoms with van der Waals surface area (Å²) in [7, 11) is 0. The predicted molar refractivity (Wildman–Crippen MR) is 124 cm³/mol. The first kappa shape index (κ1) is 25.7. The van der Waals surface area contributed by atoms with Crippen LogP contribution in [0.1, 0.15) is 43.2 Å². The molecule has 1 aliphatic carbocycles. The number of carbonyl (C=O) groups is 1. The van der Waals surface area contributed by atoms with Gasteiger partial charge in [0.15, 0.2) is 0 Å². The van der Waals surface area contributed by atoms with Crippen LogP contribution in [0, 0.1) is 0 Å².